The molecule has 0 bridgehead atoms. The first-order chi connectivity index (χ1) is 10.2. The second-order valence-electron chi connectivity index (χ2n) is 4.67. The van der Waals surface area contributed by atoms with Gasteiger partial charge in [-0.05, 0) is 42.4 Å². The quantitative estimate of drug-likeness (QED) is 0.814. The summed E-state index contributed by atoms with van der Waals surface area (Å²) in [4.78, 5) is 0. The minimum Gasteiger partial charge on any atom is -0.496 e. The van der Waals surface area contributed by atoms with Crippen molar-refractivity contribution in [3.63, 3.8) is 0 Å². The van der Waals surface area contributed by atoms with Crippen molar-refractivity contribution >= 4 is 15.9 Å². The average molecular weight is 350 g/mol. The summed E-state index contributed by atoms with van der Waals surface area (Å²) in [5.41, 5.74) is 2.24. The lowest BCUT2D eigenvalue weighted by atomic mass is 10.2. The summed E-state index contributed by atoms with van der Waals surface area (Å²) < 4.78 is 12.3. The first kappa shape index (κ1) is 15.9. The first-order valence-corrected chi connectivity index (χ1v) is 7.77. The van der Waals surface area contributed by atoms with Gasteiger partial charge >= 0.3 is 0 Å². The van der Waals surface area contributed by atoms with Crippen LogP contribution in [0.15, 0.2) is 46.9 Å². The number of hydrogen-bond donors (Lipinski definition) is 1. The molecule has 21 heavy (non-hydrogen) atoms. The third-order valence-electron chi connectivity index (χ3n) is 3.11. The lowest BCUT2D eigenvalue weighted by Crippen LogP contribution is -2.11. The molecule has 0 amide bonds. The topological polar surface area (TPSA) is 30.5 Å². The highest BCUT2D eigenvalue weighted by atomic mass is 79.9. The van der Waals surface area contributed by atoms with E-state index in [1.807, 2.05) is 30.3 Å². The molecule has 0 radical (unpaired) electrons. The van der Waals surface area contributed by atoms with E-state index in [2.05, 4.69) is 40.3 Å². The van der Waals surface area contributed by atoms with Crippen molar-refractivity contribution in [2.75, 3.05) is 13.7 Å². The van der Waals surface area contributed by atoms with Gasteiger partial charge in [0.05, 0.1) is 7.11 Å². The summed E-state index contributed by atoms with van der Waals surface area (Å²) in [5.74, 6) is 1.70. The van der Waals surface area contributed by atoms with Gasteiger partial charge in [0.15, 0.2) is 0 Å². The fraction of sp³-hybridized carbons (Fsp3) is 0.294. The van der Waals surface area contributed by atoms with Gasteiger partial charge in [-0.3, -0.25) is 0 Å². The Morgan fingerprint density at radius 1 is 1.14 bits per heavy atom. The summed E-state index contributed by atoms with van der Waals surface area (Å²) in [7, 11) is 1.67. The Balaban J connectivity index is 2.04. The fourth-order valence-corrected chi connectivity index (χ4v) is 2.44. The van der Waals surface area contributed by atoms with Crippen molar-refractivity contribution in [2.45, 2.75) is 20.1 Å². The minimum absolute atomic E-state index is 0.479. The number of rotatable bonds is 7. The number of benzene rings is 2. The predicted molar refractivity (Wildman–Crippen MR) is 88.8 cm³/mol. The predicted octanol–water partition coefficient (Wildman–Crippen LogP) is 4.15. The SMILES string of the molecule is CCNCc1cccc(OCc2cc(Br)ccc2OC)c1. The van der Waals surface area contributed by atoms with Crippen LogP contribution in [0.1, 0.15) is 18.1 Å². The highest BCUT2D eigenvalue weighted by molar-refractivity contribution is 9.10. The van der Waals surface area contributed by atoms with E-state index in [4.69, 9.17) is 9.47 Å². The Bertz CT molecular complexity index is 587. The molecule has 0 heterocycles. The van der Waals surface area contributed by atoms with Crippen LogP contribution in [0.4, 0.5) is 0 Å². The highest BCUT2D eigenvalue weighted by Gasteiger charge is 2.05. The van der Waals surface area contributed by atoms with Gasteiger partial charge in [0.1, 0.15) is 18.1 Å². The van der Waals surface area contributed by atoms with Crippen LogP contribution < -0.4 is 14.8 Å². The molecule has 0 saturated heterocycles. The van der Waals surface area contributed by atoms with Gasteiger partial charge in [-0.2, -0.15) is 0 Å². The number of halogens is 1. The van der Waals surface area contributed by atoms with Crippen LogP contribution >= 0.6 is 15.9 Å². The largest absolute Gasteiger partial charge is 0.496 e. The molecule has 0 spiro atoms. The van der Waals surface area contributed by atoms with E-state index in [1.54, 1.807) is 7.11 Å². The molecule has 0 saturated carbocycles. The van der Waals surface area contributed by atoms with Crippen molar-refractivity contribution in [1.29, 1.82) is 0 Å². The van der Waals surface area contributed by atoms with Crippen LogP contribution in [-0.4, -0.2) is 13.7 Å². The van der Waals surface area contributed by atoms with Crippen molar-refractivity contribution in [3.05, 3.63) is 58.1 Å². The third kappa shape index (κ3) is 4.76. The van der Waals surface area contributed by atoms with E-state index in [-0.39, 0.29) is 0 Å². The highest BCUT2D eigenvalue weighted by Crippen LogP contribution is 2.24. The van der Waals surface area contributed by atoms with Crippen molar-refractivity contribution < 1.29 is 9.47 Å². The molecule has 2 aromatic rings. The van der Waals surface area contributed by atoms with Crippen LogP contribution in [-0.2, 0) is 13.2 Å². The fourth-order valence-electron chi connectivity index (χ4n) is 2.04. The Hall–Kier alpha value is -1.52. The van der Waals surface area contributed by atoms with E-state index < -0.39 is 0 Å². The second kappa shape index (κ2) is 8.05. The van der Waals surface area contributed by atoms with E-state index in [0.29, 0.717) is 6.61 Å². The number of nitrogens with one attached hydrogen (secondary N) is 1. The van der Waals surface area contributed by atoms with E-state index >= 15 is 0 Å². The van der Waals surface area contributed by atoms with Crippen LogP contribution in [0.3, 0.4) is 0 Å². The molecule has 1 N–H and O–H groups in total. The standard InChI is InChI=1S/C17H20BrNO2/c1-3-19-11-13-5-4-6-16(9-13)21-12-14-10-15(18)7-8-17(14)20-2/h4-10,19H,3,11-12H2,1-2H3. The number of hydrogen-bond acceptors (Lipinski definition) is 3. The van der Waals surface area contributed by atoms with Gasteiger partial charge in [-0.15, -0.1) is 0 Å². The Morgan fingerprint density at radius 2 is 2.00 bits per heavy atom. The molecule has 0 unspecified atom stereocenters. The van der Waals surface area contributed by atoms with Crippen LogP contribution in [0.5, 0.6) is 11.5 Å². The van der Waals surface area contributed by atoms with Crippen molar-refractivity contribution in [3.8, 4) is 11.5 Å². The summed E-state index contributed by atoms with van der Waals surface area (Å²) in [6.07, 6.45) is 0. The zero-order chi connectivity index (χ0) is 15.1. The lowest BCUT2D eigenvalue weighted by Gasteiger charge is -2.11. The maximum absolute atomic E-state index is 5.88. The van der Waals surface area contributed by atoms with Gasteiger partial charge in [-0.1, -0.05) is 35.0 Å². The Kier molecular flexibility index (Phi) is 6.08. The number of ether oxygens (including phenoxy) is 2. The monoisotopic (exact) mass is 349 g/mol. The molecule has 112 valence electrons. The van der Waals surface area contributed by atoms with E-state index in [1.165, 1.54) is 5.56 Å². The number of methoxy groups -OCH3 is 1. The molecule has 2 aromatic carbocycles. The van der Waals surface area contributed by atoms with Gasteiger partial charge in [0.25, 0.3) is 0 Å². The summed E-state index contributed by atoms with van der Waals surface area (Å²) in [5, 5.41) is 3.31. The molecule has 0 fully saturated rings. The lowest BCUT2D eigenvalue weighted by molar-refractivity contribution is 0.296. The molecule has 0 aliphatic heterocycles. The third-order valence-corrected chi connectivity index (χ3v) is 3.61. The molecular formula is C17H20BrNO2. The molecule has 0 aromatic heterocycles. The minimum atomic E-state index is 0.479. The van der Waals surface area contributed by atoms with E-state index in [9.17, 15) is 0 Å². The van der Waals surface area contributed by atoms with Crippen LogP contribution in [0.25, 0.3) is 0 Å². The average Bonchev–Trinajstić information content (AvgIpc) is 2.51. The molecule has 4 heteroatoms. The van der Waals surface area contributed by atoms with Gasteiger partial charge in [0.2, 0.25) is 0 Å². The Labute approximate surface area is 134 Å². The zero-order valence-electron chi connectivity index (χ0n) is 12.4. The molecule has 0 aliphatic carbocycles. The van der Waals surface area contributed by atoms with Crippen LogP contribution in [0.2, 0.25) is 0 Å². The van der Waals surface area contributed by atoms with Crippen molar-refractivity contribution in [2.24, 2.45) is 0 Å². The van der Waals surface area contributed by atoms with Crippen molar-refractivity contribution in [1.82, 2.24) is 5.32 Å². The van der Waals surface area contributed by atoms with Gasteiger partial charge in [0, 0.05) is 16.6 Å². The summed E-state index contributed by atoms with van der Waals surface area (Å²) in [6, 6.07) is 14.0. The maximum atomic E-state index is 5.88. The summed E-state index contributed by atoms with van der Waals surface area (Å²) >= 11 is 3.47. The van der Waals surface area contributed by atoms with Gasteiger partial charge < -0.3 is 14.8 Å². The molecule has 3 nitrogen and oxygen atoms in total. The normalized spacial score (nSPS) is 10.4. The smallest absolute Gasteiger partial charge is 0.125 e. The van der Waals surface area contributed by atoms with E-state index in [0.717, 1.165) is 34.6 Å². The second-order valence-corrected chi connectivity index (χ2v) is 5.59. The summed E-state index contributed by atoms with van der Waals surface area (Å²) in [6.45, 7) is 4.39. The molecule has 0 atom stereocenters. The zero-order valence-corrected chi connectivity index (χ0v) is 13.9. The molecular weight excluding hydrogens is 330 g/mol. The first-order valence-electron chi connectivity index (χ1n) is 6.97. The molecule has 2 rings (SSSR count). The van der Waals surface area contributed by atoms with Gasteiger partial charge in [-0.25, -0.2) is 0 Å². The van der Waals surface area contributed by atoms with Crippen LogP contribution in [0, 0.1) is 0 Å². The Morgan fingerprint density at radius 3 is 2.76 bits per heavy atom. The maximum Gasteiger partial charge on any atom is 0.125 e. The molecule has 0 aliphatic rings.